The van der Waals surface area contributed by atoms with Crippen LogP contribution in [0.2, 0.25) is 0 Å². The van der Waals surface area contributed by atoms with Gasteiger partial charge in [-0.3, -0.25) is 9.59 Å². The molecule has 1 saturated heterocycles. The number of nitrogens with one attached hydrogen (secondary N) is 2. The van der Waals surface area contributed by atoms with Gasteiger partial charge >= 0.3 is 0 Å². The predicted octanol–water partition coefficient (Wildman–Crippen LogP) is 9.86. The van der Waals surface area contributed by atoms with Crippen molar-refractivity contribution in [3.8, 4) is 0 Å². The average molecular weight is 635 g/mol. The minimum Gasteiger partial charge on any atom is -0.381 e. The second-order valence-corrected chi connectivity index (χ2v) is 15.0. The van der Waals surface area contributed by atoms with Gasteiger partial charge in [0, 0.05) is 31.9 Å². The fourth-order valence-electron chi connectivity index (χ4n) is 7.42. The van der Waals surface area contributed by atoms with E-state index in [9.17, 15) is 9.59 Å². The van der Waals surface area contributed by atoms with E-state index < -0.39 is 5.41 Å². The normalized spacial score (nSPS) is 23.6. The number of hydrogen-bond donors (Lipinski definition) is 2. The topological polar surface area (TPSA) is 67.4 Å². The van der Waals surface area contributed by atoms with Gasteiger partial charge in [0.2, 0.25) is 5.91 Å². The number of rotatable bonds is 17. The lowest BCUT2D eigenvalue weighted by atomic mass is 9.65. The molecule has 46 heavy (non-hydrogen) atoms. The summed E-state index contributed by atoms with van der Waals surface area (Å²) >= 11 is 0. The summed E-state index contributed by atoms with van der Waals surface area (Å²) in [5.41, 5.74) is 3.66. The molecule has 1 heterocycles. The molecule has 258 valence electrons. The quantitative estimate of drug-likeness (QED) is 0.123. The number of unbranched alkanes of at least 4 members (excludes halogenated alkanes) is 1. The van der Waals surface area contributed by atoms with Gasteiger partial charge in [-0.15, -0.1) is 0 Å². The number of allylic oxidation sites excluding steroid dienone is 9. The van der Waals surface area contributed by atoms with Crippen LogP contribution in [0.5, 0.6) is 0 Å². The lowest BCUT2D eigenvalue weighted by Gasteiger charge is -2.43. The molecule has 2 atom stereocenters. The van der Waals surface area contributed by atoms with E-state index in [1.807, 2.05) is 24.3 Å². The summed E-state index contributed by atoms with van der Waals surface area (Å²) in [7, 11) is 0. The largest absolute Gasteiger partial charge is 0.381 e. The molecular formula is C41H66N2O3. The fraction of sp³-hybridized carbons (Fsp3) is 0.707. The van der Waals surface area contributed by atoms with Crippen LogP contribution in [0.15, 0.2) is 59.4 Å². The van der Waals surface area contributed by atoms with Gasteiger partial charge in [-0.1, -0.05) is 102 Å². The molecule has 0 radical (unpaired) electrons. The Kier molecular flexibility index (Phi) is 16.6. The summed E-state index contributed by atoms with van der Waals surface area (Å²) in [6.07, 6.45) is 33.4. The molecule has 3 rings (SSSR count). The van der Waals surface area contributed by atoms with Crippen molar-refractivity contribution >= 4 is 11.7 Å². The molecule has 2 N–H and O–H groups in total. The molecule has 3 aliphatic rings. The van der Waals surface area contributed by atoms with Crippen molar-refractivity contribution in [3.63, 3.8) is 0 Å². The summed E-state index contributed by atoms with van der Waals surface area (Å²) in [6, 6.07) is -0.185. The van der Waals surface area contributed by atoms with Crippen molar-refractivity contribution in [2.24, 2.45) is 16.7 Å². The highest BCUT2D eigenvalue weighted by Gasteiger charge is 2.46. The number of Topliss-reactive ketones (excluding diaryl/α,β-unsaturated/α-hetero) is 1. The molecule has 0 spiro atoms. The summed E-state index contributed by atoms with van der Waals surface area (Å²) in [5, 5.41) is 6.64. The highest BCUT2D eigenvalue weighted by Crippen LogP contribution is 2.44. The van der Waals surface area contributed by atoms with Crippen LogP contribution in [0.3, 0.4) is 0 Å². The highest BCUT2D eigenvalue weighted by atomic mass is 16.5. The third-order valence-corrected chi connectivity index (χ3v) is 10.5. The van der Waals surface area contributed by atoms with Gasteiger partial charge in [-0.05, 0) is 100 Å². The lowest BCUT2D eigenvalue weighted by molar-refractivity contribution is -0.130. The first-order valence-corrected chi connectivity index (χ1v) is 18.8. The van der Waals surface area contributed by atoms with Crippen LogP contribution in [0.25, 0.3) is 0 Å². The minimum atomic E-state index is -0.438. The number of hydrogen-bond acceptors (Lipinski definition) is 4. The van der Waals surface area contributed by atoms with E-state index in [4.69, 9.17) is 4.74 Å². The minimum absolute atomic E-state index is 0.115. The monoisotopic (exact) mass is 635 g/mol. The zero-order chi connectivity index (χ0) is 33.3. The molecule has 0 bridgehead atoms. The second-order valence-electron chi connectivity index (χ2n) is 15.0. The van der Waals surface area contributed by atoms with Crippen molar-refractivity contribution in [1.82, 2.24) is 10.6 Å². The van der Waals surface area contributed by atoms with E-state index in [1.54, 1.807) is 5.57 Å². The van der Waals surface area contributed by atoms with Crippen molar-refractivity contribution in [1.29, 1.82) is 0 Å². The van der Waals surface area contributed by atoms with Crippen molar-refractivity contribution < 1.29 is 14.3 Å². The van der Waals surface area contributed by atoms with Crippen LogP contribution in [-0.2, 0) is 14.3 Å². The molecule has 0 aromatic heterocycles. The summed E-state index contributed by atoms with van der Waals surface area (Å²) in [5.74, 6) is 0.785. The number of carbonyl (C=O) groups excluding carboxylic acids is 2. The van der Waals surface area contributed by atoms with Crippen LogP contribution in [-0.4, -0.2) is 37.5 Å². The SMILES string of the molecule is CCC1(CC)C(=O)C(CCCCNC(=O)CCC(C)COCCC(C)(C)C/C2=C/CCCCCCCC2)NC2=C/C=C\C=C/C=C21. The smallest absolute Gasteiger partial charge is 0.220 e. The van der Waals surface area contributed by atoms with Gasteiger partial charge in [0.05, 0.1) is 11.5 Å². The summed E-state index contributed by atoms with van der Waals surface area (Å²) in [4.78, 5) is 26.2. The average Bonchev–Trinajstić information content (AvgIpc) is 3.02. The molecule has 5 heteroatoms. The number of ether oxygens (including phenoxy) is 1. The van der Waals surface area contributed by atoms with Crippen molar-refractivity contribution in [3.05, 3.63) is 59.4 Å². The fourth-order valence-corrected chi connectivity index (χ4v) is 7.42. The second kappa shape index (κ2) is 20.1. The number of carbonyl (C=O) groups is 2. The maximum absolute atomic E-state index is 13.7. The standard InChI is InChI=1S/C41H66N2O3/c1-6-41(7-2)35-23-17-13-14-18-24-36(35)43-37(39(41)45)25-19-20-29-42-38(44)27-26-33(3)32-46-30-28-40(4,5)31-34-21-15-11-9-8-10-12-16-22-34/h13-14,17-18,21,23-24,33,37,43H,6-12,15-16,19-20,22,25-32H2,1-5H3,(H,42,44)/b14-13?,17-13-,18-14-,23-17?,24-18?,34-21+,35-23?,36-24?. The maximum atomic E-state index is 13.7. The first-order chi connectivity index (χ1) is 22.2. The zero-order valence-electron chi connectivity index (χ0n) is 30.1. The van der Waals surface area contributed by atoms with Gasteiger partial charge < -0.3 is 15.4 Å². The molecular weight excluding hydrogens is 568 g/mol. The molecule has 0 saturated carbocycles. The molecule has 1 amide bonds. The van der Waals surface area contributed by atoms with Crippen LogP contribution < -0.4 is 10.6 Å². The van der Waals surface area contributed by atoms with E-state index in [2.05, 4.69) is 63.5 Å². The van der Waals surface area contributed by atoms with Gasteiger partial charge in [0.15, 0.2) is 5.78 Å². The van der Waals surface area contributed by atoms with Crippen molar-refractivity contribution in [2.75, 3.05) is 19.8 Å². The molecule has 2 aliphatic carbocycles. The molecule has 2 unspecified atom stereocenters. The van der Waals surface area contributed by atoms with Crippen LogP contribution in [0.4, 0.5) is 0 Å². The Hall–Kier alpha value is -2.40. The summed E-state index contributed by atoms with van der Waals surface area (Å²) in [6.45, 7) is 13.4. The van der Waals surface area contributed by atoms with E-state index in [0.29, 0.717) is 31.3 Å². The van der Waals surface area contributed by atoms with E-state index in [-0.39, 0.29) is 17.4 Å². The van der Waals surface area contributed by atoms with Crippen LogP contribution in [0, 0.1) is 16.7 Å². The molecule has 0 aromatic carbocycles. The van der Waals surface area contributed by atoms with Crippen molar-refractivity contribution in [2.45, 2.75) is 150 Å². The van der Waals surface area contributed by atoms with E-state index >= 15 is 0 Å². The Morgan fingerprint density at radius 3 is 2.50 bits per heavy atom. The Balaban J connectivity index is 1.29. The highest BCUT2D eigenvalue weighted by molar-refractivity contribution is 5.95. The molecule has 1 fully saturated rings. The molecule has 0 aromatic rings. The maximum Gasteiger partial charge on any atom is 0.220 e. The first kappa shape index (κ1) is 38.1. The zero-order valence-corrected chi connectivity index (χ0v) is 30.1. The predicted molar refractivity (Wildman–Crippen MR) is 194 cm³/mol. The first-order valence-electron chi connectivity index (χ1n) is 18.8. The number of amides is 1. The molecule has 5 nitrogen and oxygen atoms in total. The number of ketones is 1. The Labute approximate surface area is 281 Å². The number of fused-ring (bicyclic) bond motifs is 1. The van der Waals surface area contributed by atoms with E-state index in [0.717, 1.165) is 62.8 Å². The van der Waals surface area contributed by atoms with Crippen LogP contribution in [0.1, 0.15) is 144 Å². The Morgan fingerprint density at radius 2 is 1.74 bits per heavy atom. The molecule has 1 aliphatic heterocycles. The number of piperidine rings is 1. The van der Waals surface area contributed by atoms with Gasteiger partial charge in [0.25, 0.3) is 0 Å². The third kappa shape index (κ3) is 12.3. The van der Waals surface area contributed by atoms with Gasteiger partial charge in [-0.2, -0.15) is 0 Å². The van der Waals surface area contributed by atoms with Crippen LogP contribution >= 0.6 is 0 Å². The lowest BCUT2D eigenvalue weighted by Crippen LogP contribution is -2.53. The Bertz CT molecular complexity index is 1100. The Morgan fingerprint density at radius 1 is 1.02 bits per heavy atom. The van der Waals surface area contributed by atoms with Gasteiger partial charge in [0.1, 0.15) is 0 Å². The summed E-state index contributed by atoms with van der Waals surface area (Å²) < 4.78 is 6.09. The van der Waals surface area contributed by atoms with Gasteiger partial charge in [-0.25, -0.2) is 0 Å². The van der Waals surface area contributed by atoms with E-state index in [1.165, 1.54) is 57.8 Å². The third-order valence-electron chi connectivity index (χ3n) is 10.5.